The highest BCUT2D eigenvalue weighted by Crippen LogP contribution is 2.27. The molecule has 1 heteroatoms. The van der Waals surface area contributed by atoms with Gasteiger partial charge in [-0.1, -0.05) is 95.8 Å². The summed E-state index contributed by atoms with van der Waals surface area (Å²) in [6.07, 6.45) is 2.16. The Morgan fingerprint density at radius 1 is 0.852 bits per heavy atom. The Morgan fingerprint density at radius 3 is 2.04 bits per heavy atom. The summed E-state index contributed by atoms with van der Waals surface area (Å²) in [5.41, 5.74) is 6.92. The van der Waals surface area contributed by atoms with Crippen LogP contribution in [-0.2, 0) is 0 Å². The van der Waals surface area contributed by atoms with Gasteiger partial charge in [0.25, 0.3) is 0 Å². The predicted molar refractivity (Wildman–Crippen MR) is 117 cm³/mol. The van der Waals surface area contributed by atoms with E-state index in [4.69, 9.17) is 11.6 Å². The van der Waals surface area contributed by atoms with Crippen LogP contribution in [0.5, 0.6) is 0 Å². The zero-order valence-electron chi connectivity index (χ0n) is 15.7. The molecule has 0 saturated heterocycles. The highest BCUT2D eigenvalue weighted by atomic mass is 35.5. The van der Waals surface area contributed by atoms with Gasteiger partial charge in [-0.2, -0.15) is 0 Å². The number of halogens is 1. The normalized spacial score (nSPS) is 12.2. The molecule has 0 aliphatic rings. The van der Waals surface area contributed by atoms with Crippen LogP contribution >= 0.6 is 11.6 Å². The molecule has 0 aromatic heterocycles. The molecule has 0 aliphatic carbocycles. The summed E-state index contributed by atoms with van der Waals surface area (Å²) < 4.78 is 0. The van der Waals surface area contributed by atoms with Gasteiger partial charge >= 0.3 is 0 Å². The molecule has 0 fully saturated rings. The number of benzene rings is 3. The third-order valence-electron chi connectivity index (χ3n) is 4.50. The molecule has 0 aliphatic heterocycles. The first-order valence-corrected chi connectivity index (χ1v) is 9.65. The second kappa shape index (κ2) is 9.26. The van der Waals surface area contributed by atoms with Gasteiger partial charge in [0.05, 0.1) is 5.92 Å². The fourth-order valence-corrected chi connectivity index (χ4v) is 3.13. The molecule has 0 spiro atoms. The Kier molecular flexibility index (Phi) is 6.53. The zero-order chi connectivity index (χ0) is 19.1. The van der Waals surface area contributed by atoms with Gasteiger partial charge in [0, 0.05) is 11.4 Å². The number of hydrogen-bond acceptors (Lipinski definition) is 0. The Bertz CT molecular complexity index is 953. The van der Waals surface area contributed by atoms with E-state index in [-0.39, 0.29) is 5.92 Å². The van der Waals surface area contributed by atoms with Crippen LogP contribution in [0.1, 0.15) is 33.7 Å². The van der Waals surface area contributed by atoms with E-state index in [0.717, 1.165) is 16.7 Å². The molecule has 1 unspecified atom stereocenters. The largest absolute Gasteiger partial charge is 0.122 e. The van der Waals surface area contributed by atoms with Crippen LogP contribution in [0.3, 0.4) is 0 Å². The van der Waals surface area contributed by atoms with Gasteiger partial charge in [-0.15, -0.1) is 11.6 Å². The first-order valence-electron chi connectivity index (χ1n) is 9.12. The first kappa shape index (κ1) is 19.0. The predicted octanol–water partition coefficient (Wildman–Crippen LogP) is 6.76. The minimum absolute atomic E-state index is 0.0374. The summed E-state index contributed by atoms with van der Waals surface area (Å²) in [4.78, 5) is 0. The van der Waals surface area contributed by atoms with Crippen molar-refractivity contribution in [3.05, 3.63) is 112 Å². The minimum atomic E-state index is -0.0374. The smallest absolute Gasteiger partial charge is 0.0680 e. The standard InChI is InChI=1S/C26H23Cl/c1-20-8-12-23(13-9-20)18-25(19-27)26(24-15-10-21(2)11-16-24)17-14-22-6-4-3-5-7-22/h3-13,15-16,18,26H,19H2,1-2H3/b25-18+. The molecule has 134 valence electrons. The highest BCUT2D eigenvalue weighted by Gasteiger charge is 2.14. The van der Waals surface area contributed by atoms with E-state index in [1.165, 1.54) is 16.7 Å². The number of allylic oxidation sites excluding steroid dienone is 1. The van der Waals surface area contributed by atoms with Crippen LogP contribution in [0.4, 0.5) is 0 Å². The fourth-order valence-electron chi connectivity index (χ4n) is 2.90. The Morgan fingerprint density at radius 2 is 1.44 bits per heavy atom. The third-order valence-corrected chi connectivity index (χ3v) is 4.81. The maximum Gasteiger partial charge on any atom is 0.0680 e. The number of alkyl halides is 1. The zero-order valence-corrected chi connectivity index (χ0v) is 16.5. The molecular weight excluding hydrogens is 348 g/mol. The summed E-state index contributed by atoms with van der Waals surface area (Å²) >= 11 is 6.37. The lowest BCUT2D eigenvalue weighted by Gasteiger charge is -2.15. The van der Waals surface area contributed by atoms with Gasteiger partial charge in [0.15, 0.2) is 0 Å². The van der Waals surface area contributed by atoms with Crippen LogP contribution in [0, 0.1) is 25.7 Å². The molecule has 0 nitrogen and oxygen atoms in total. The van der Waals surface area contributed by atoms with Crippen LogP contribution < -0.4 is 0 Å². The van der Waals surface area contributed by atoms with E-state index in [1.54, 1.807) is 0 Å². The van der Waals surface area contributed by atoms with Crippen molar-refractivity contribution in [2.24, 2.45) is 0 Å². The second-order valence-electron chi connectivity index (χ2n) is 6.74. The molecule has 0 heterocycles. The first-order chi connectivity index (χ1) is 13.2. The van der Waals surface area contributed by atoms with Crippen LogP contribution in [0.25, 0.3) is 6.08 Å². The monoisotopic (exact) mass is 370 g/mol. The lowest BCUT2D eigenvalue weighted by Crippen LogP contribution is -2.02. The van der Waals surface area contributed by atoms with Crippen molar-refractivity contribution in [1.82, 2.24) is 0 Å². The average molecular weight is 371 g/mol. The maximum absolute atomic E-state index is 6.37. The lowest BCUT2D eigenvalue weighted by molar-refractivity contribution is 1.04. The summed E-state index contributed by atoms with van der Waals surface area (Å²) in [5.74, 6) is 7.17. The second-order valence-corrected chi connectivity index (χ2v) is 7.01. The molecule has 1 atom stereocenters. The van der Waals surface area contributed by atoms with Gasteiger partial charge in [0.2, 0.25) is 0 Å². The Hall–Kier alpha value is -2.75. The van der Waals surface area contributed by atoms with Gasteiger partial charge in [-0.3, -0.25) is 0 Å². The van der Waals surface area contributed by atoms with Gasteiger partial charge in [0.1, 0.15) is 0 Å². The topological polar surface area (TPSA) is 0 Å². The van der Waals surface area contributed by atoms with Crippen molar-refractivity contribution in [1.29, 1.82) is 0 Å². The third kappa shape index (κ3) is 5.36. The van der Waals surface area contributed by atoms with Crippen LogP contribution in [-0.4, -0.2) is 5.88 Å². The van der Waals surface area contributed by atoms with Crippen molar-refractivity contribution in [2.75, 3.05) is 5.88 Å². The van der Waals surface area contributed by atoms with E-state index in [9.17, 15) is 0 Å². The van der Waals surface area contributed by atoms with Crippen molar-refractivity contribution in [2.45, 2.75) is 19.8 Å². The molecule has 0 radical (unpaired) electrons. The van der Waals surface area contributed by atoms with Gasteiger partial charge in [-0.05, 0) is 42.7 Å². The lowest BCUT2D eigenvalue weighted by atomic mass is 9.90. The van der Waals surface area contributed by atoms with E-state index in [0.29, 0.717) is 5.88 Å². The fraction of sp³-hybridized carbons (Fsp3) is 0.154. The van der Waals surface area contributed by atoms with E-state index < -0.39 is 0 Å². The molecular formula is C26H23Cl. The molecule has 3 aromatic carbocycles. The molecule has 3 aromatic rings. The molecule has 3 rings (SSSR count). The number of hydrogen-bond donors (Lipinski definition) is 0. The number of aryl methyl sites for hydroxylation is 2. The Labute approximate surface area is 167 Å². The van der Waals surface area contributed by atoms with E-state index in [2.05, 4.69) is 80.3 Å². The minimum Gasteiger partial charge on any atom is -0.122 e. The summed E-state index contributed by atoms with van der Waals surface area (Å²) in [7, 11) is 0. The summed E-state index contributed by atoms with van der Waals surface area (Å²) in [6, 6.07) is 27.1. The molecule has 0 N–H and O–H groups in total. The highest BCUT2D eigenvalue weighted by molar-refractivity contribution is 6.20. The average Bonchev–Trinajstić information content (AvgIpc) is 2.70. The number of rotatable bonds is 4. The Balaban J connectivity index is 2.03. The SMILES string of the molecule is Cc1ccc(/C=C(\CCl)C(C#Cc2ccccc2)c2ccc(C)cc2)cc1. The van der Waals surface area contributed by atoms with Gasteiger partial charge < -0.3 is 0 Å². The maximum atomic E-state index is 6.37. The molecule has 0 bridgehead atoms. The van der Waals surface area contributed by atoms with E-state index in [1.807, 2.05) is 30.3 Å². The summed E-state index contributed by atoms with van der Waals surface area (Å²) in [6.45, 7) is 4.19. The van der Waals surface area contributed by atoms with Crippen LogP contribution in [0.2, 0.25) is 0 Å². The van der Waals surface area contributed by atoms with Crippen molar-refractivity contribution < 1.29 is 0 Å². The summed E-state index contributed by atoms with van der Waals surface area (Å²) in [5, 5.41) is 0. The van der Waals surface area contributed by atoms with Crippen molar-refractivity contribution >= 4 is 17.7 Å². The molecule has 27 heavy (non-hydrogen) atoms. The molecule has 0 amide bonds. The molecule has 0 saturated carbocycles. The van der Waals surface area contributed by atoms with Crippen molar-refractivity contribution in [3.8, 4) is 11.8 Å². The van der Waals surface area contributed by atoms with Gasteiger partial charge in [-0.25, -0.2) is 0 Å². The van der Waals surface area contributed by atoms with Crippen LogP contribution in [0.15, 0.2) is 84.4 Å². The quantitative estimate of drug-likeness (QED) is 0.351. The van der Waals surface area contributed by atoms with E-state index >= 15 is 0 Å². The van der Waals surface area contributed by atoms with Crippen molar-refractivity contribution in [3.63, 3.8) is 0 Å².